The van der Waals surface area contributed by atoms with E-state index in [-0.39, 0.29) is 6.71 Å². The van der Waals surface area contributed by atoms with E-state index in [9.17, 15) is 0 Å². The minimum Gasteiger partial charge on any atom is -0.456 e. The second-order valence-electron chi connectivity index (χ2n) is 14.4. The number of nitrogens with zero attached hydrogens (tertiary/aromatic N) is 3. The highest BCUT2D eigenvalue weighted by Gasteiger charge is 2.42. The van der Waals surface area contributed by atoms with Gasteiger partial charge in [-0.05, 0) is 95.3 Å². The SMILES string of the molecule is c1ccc2c(c1)Oc1ccccc1N2c1ccc2c(c1)B1c3cccc(-n4c5ccccc5c5ccccc54)c3Oc3ccc4c5ccccc5n-2c4c31. The van der Waals surface area contributed by atoms with Crippen LogP contribution in [0.25, 0.3) is 55.0 Å². The Morgan fingerprint density at radius 2 is 0.981 bits per heavy atom. The minimum atomic E-state index is -0.0706. The zero-order chi connectivity index (χ0) is 35.1. The molecule has 10 aromatic rings. The van der Waals surface area contributed by atoms with Gasteiger partial charge in [0, 0.05) is 32.9 Å². The maximum Gasteiger partial charge on any atom is 0.256 e. The Morgan fingerprint density at radius 3 is 1.69 bits per heavy atom. The number of ether oxygens (including phenoxy) is 2. The van der Waals surface area contributed by atoms with Crippen molar-refractivity contribution in [3.8, 4) is 34.4 Å². The van der Waals surface area contributed by atoms with E-state index in [4.69, 9.17) is 9.47 Å². The Morgan fingerprint density at radius 1 is 0.389 bits per heavy atom. The van der Waals surface area contributed by atoms with Crippen molar-refractivity contribution in [3.63, 3.8) is 0 Å². The highest BCUT2D eigenvalue weighted by atomic mass is 16.5. The minimum absolute atomic E-state index is 0.0706. The molecule has 0 atom stereocenters. The quantitative estimate of drug-likeness (QED) is 0.169. The Balaban J connectivity index is 1.12. The third-order valence-corrected chi connectivity index (χ3v) is 11.7. The number of hydrogen-bond donors (Lipinski definition) is 0. The van der Waals surface area contributed by atoms with Crippen molar-refractivity contribution < 1.29 is 9.47 Å². The van der Waals surface area contributed by atoms with Gasteiger partial charge in [0.05, 0.1) is 39.1 Å². The summed E-state index contributed by atoms with van der Waals surface area (Å²) in [6.07, 6.45) is 0. The van der Waals surface area contributed by atoms with Crippen LogP contribution in [0.15, 0.2) is 170 Å². The second-order valence-corrected chi connectivity index (χ2v) is 14.4. The molecule has 5 heterocycles. The van der Waals surface area contributed by atoms with E-state index >= 15 is 0 Å². The van der Waals surface area contributed by atoms with E-state index in [2.05, 4.69) is 160 Å². The van der Waals surface area contributed by atoms with Crippen molar-refractivity contribution in [2.24, 2.45) is 0 Å². The summed E-state index contributed by atoms with van der Waals surface area (Å²) < 4.78 is 18.5. The van der Waals surface area contributed by atoms with Gasteiger partial charge >= 0.3 is 0 Å². The molecule has 250 valence electrons. The fourth-order valence-electron chi connectivity index (χ4n) is 9.61. The first-order valence-electron chi connectivity index (χ1n) is 18.5. The van der Waals surface area contributed by atoms with Crippen LogP contribution in [-0.2, 0) is 0 Å². The zero-order valence-corrected chi connectivity index (χ0v) is 28.9. The van der Waals surface area contributed by atoms with Crippen LogP contribution in [0.1, 0.15) is 0 Å². The average molecular weight is 690 g/mol. The van der Waals surface area contributed by atoms with Crippen LogP contribution in [-0.4, -0.2) is 15.8 Å². The summed E-state index contributed by atoms with van der Waals surface area (Å²) in [6.45, 7) is -0.0706. The lowest BCUT2D eigenvalue weighted by atomic mass is 9.34. The summed E-state index contributed by atoms with van der Waals surface area (Å²) >= 11 is 0. The fraction of sp³-hybridized carbons (Fsp3) is 0. The van der Waals surface area contributed by atoms with E-state index in [0.717, 1.165) is 62.2 Å². The molecule has 0 aliphatic carbocycles. The predicted molar refractivity (Wildman–Crippen MR) is 221 cm³/mol. The zero-order valence-electron chi connectivity index (χ0n) is 28.9. The van der Waals surface area contributed by atoms with E-state index < -0.39 is 0 Å². The second kappa shape index (κ2) is 10.2. The number of rotatable bonds is 2. The van der Waals surface area contributed by atoms with Gasteiger partial charge in [-0.15, -0.1) is 0 Å². The van der Waals surface area contributed by atoms with Gasteiger partial charge in [0.25, 0.3) is 6.71 Å². The van der Waals surface area contributed by atoms with Crippen molar-refractivity contribution in [3.05, 3.63) is 170 Å². The first-order chi connectivity index (χ1) is 26.8. The maximum atomic E-state index is 7.19. The van der Waals surface area contributed by atoms with E-state index in [1.165, 1.54) is 49.2 Å². The van der Waals surface area contributed by atoms with Crippen molar-refractivity contribution in [2.75, 3.05) is 4.90 Å². The van der Waals surface area contributed by atoms with Crippen molar-refractivity contribution in [1.82, 2.24) is 9.13 Å². The van der Waals surface area contributed by atoms with Gasteiger partial charge in [0.2, 0.25) is 0 Å². The largest absolute Gasteiger partial charge is 0.456 e. The lowest BCUT2D eigenvalue weighted by molar-refractivity contribution is 0.477. The van der Waals surface area contributed by atoms with Gasteiger partial charge in [-0.2, -0.15) is 0 Å². The molecule has 0 fully saturated rings. The molecule has 0 spiro atoms. The standard InChI is InChI=1S/C48H28BN3O2/c1-4-16-36-30(12-1)31-13-2-5-17-37(31)51(36)42-21-11-15-34-48(42)54-45-27-25-33-32-14-3-6-18-38(32)52-39-26-24-29(28-35(39)49(34)46(45)47(33)52)50-40-19-7-9-22-43(40)53-44-23-10-8-20-41(44)50/h1-28H. The summed E-state index contributed by atoms with van der Waals surface area (Å²) in [5.74, 6) is 3.47. The van der Waals surface area contributed by atoms with E-state index in [0.29, 0.717) is 0 Å². The molecule has 3 aliphatic heterocycles. The molecular weight excluding hydrogens is 661 g/mol. The van der Waals surface area contributed by atoms with Crippen LogP contribution in [0, 0.1) is 0 Å². The maximum absolute atomic E-state index is 7.19. The first-order valence-corrected chi connectivity index (χ1v) is 18.5. The van der Waals surface area contributed by atoms with Gasteiger partial charge in [-0.25, -0.2) is 0 Å². The van der Waals surface area contributed by atoms with Crippen LogP contribution < -0.4 is 30.8 Å². The lowest BCUT2D eigenvalue weighted by Gasteiger charge is -2.36. The topological polar surface area (TPSA) is 31.6 Å². The smallest absolute Gasteiger partial charge is 0.256 e. The molecule has 0 saturated heterocycles. The predicted octanol–water partition coefficient (Wildman–Crippen LogP) is 10.4. The number of fused-ring (bicyclic) bond motifs is 13. The van der Waals surface area contributed by atoms with Crippen LogP contribution >= 0.6 is 0 Å². The monoisotopic (exact) mass is 689 g/mol. The molecule has 54 heavy (non-hydrogen) atoms. The summed E-state index contributed by atoms with van der Waals surface area (Å²) in [7, 11) is 0. The molecule has 3 aliphatic rings. The highest BCUT2D eigenvalue weighted by Crippen LogP contribution is 2.50. The van der Waals surface area contributed by atoms with E-state index in [1.807, 2.05) is 24.3 Å². The third-order valence-electron chi connectivity index (χ3n) is 11.7. The van der Waals surface area contributed by atoms with Gasteiger partial charge in [0.15, 0.2) is 11.5 Å². The van der Waals surface area contributed by atoms with Crippen LogP contribution in [0.3, 0.4) is 0 Å². The third kappa shape index (κ3) is 3.55. The molecular formula is C48H28BN3O2. The Hall–Kier alpha value is -7.18. The molecule has 0 bridgehead atoms. The number of aromatic nitrogens is 2. The molecule has 2 aromatic heterocycles. The van der Waals surface area contributed by atoms with Crippen LogP contribution in [0.5, 0.6) is 23.0 Å². The van der Waals surface area contributed by atoms with E-state index in [1.54, 1.807) is 0 Å². The fourth-order valence-corrected chi connectivity index (χ4v) is 9.61. The van der Waals surface area contributed by atoms with Gasteiger partial charge in [0.1, 0.15) is 11.5 Å². The summed E-state index contributed by atoms with van der Waals surface area (Å²) in [5.41, 5.74) is 13.7. The Bertz CT molecular complexity index is 3170. The molecule has 13 rings (SSSR count). The molecule has 0 saturated carbocycles. The number of benzene rings is 8. The summed E-state index contributed by atoms with van der Waals surface area (Å²) in [4.78, 5) is 2.34. The van der Waals surface area contributed by atoms with Gasteiger partial charge in [-0.1, -0.05) is 91.0 Å². The molecule has 8 aromatic carbocycles. The molecule has 5 nitrogen and oxygen atoms in total. The number of hydrogen-bond acceptors (Lipinski definition) is 3. The van der Waals surface area contributed by atoms with Gasteiger partial charge in [-0.3, -0.25) is 0 Å². The molecule has 6 heteroatoms. The van der Waals surface area contributed by atoms with Crippen LogP contribution in [0.2, 0.25) is 0 Å². The summed E-state index contributed by atoms with van der Waals surface area (Å²) in [6, 6.07) is 60.9. The van der Waals surface area contributed by atoms with Crippen molar-refractivity contribution in [1.29, 1.82) is 0 Å². The first kappa shape index (κ1) is 28.4. The number of para-hydroxylation sites is 8. The van der Waals surface area contributed by atoms with Crippen molar-refractivity contribution >= 4 is 83.8 Å². The average Bonchev–Trinajstić information content (AvgIpc) is 3.75. The molecule has 0 unspecified atom stereocenters. The highest BCUT2D eigenvalue weighted by molar-refractivity contribution is 6.99. The summed E-state index contributed by atoms with van der Waals surface area (Å²) in [5, 5.41) is 4.94. The van der Waals surface area contributed by atoms with Gasteiger partial charge < -0.3 is 23.5 Å². The van der Waals surface area contributed by atoms with Crippen molar-refractivity contribution in [2.45, 2.75) is 0 Å². The molecule has 0 amide bonds. The number of anilines is 3. The normalized spacial score (nSPS) is 13.4. The Kier molecular flexibility index (Phi) is 5.39. The lowest BCUT2D eigenvalue weighted by Crippen LogP contribution is -2.58. The molecule has 0 N–H and O–H groups in total. The molecule has 0 radical (unpaired) electrons. The Labute approximate surface area is 310 Å². The van der Waals surface area contributed by atoms with Crippen LogP contribution in [0.4, 0.5) is 17.1 Å².